The summed E-state index contributed by atoms with van der Waals surface area (Å²) in [6.45, 7) is 1.26. The first-order valence-electron chi connectivity index (χ1n) is 6.91. The van der Waals surface area contributed by atoms with Crippen molar-refractivity contribution in [3.63, 3.8) is 0 Å². The van der Waals surface area contributed by atoms with Crippen LogP contribution >= 0.6 is 0 Å². The van der Waals surface area contributed by atoms with Gasteiger partial charge in [-0.25, -0.2) is 8.42 Å². The Morgan fingerprint density at radius 2 is 2.19 bits per heavy atom. The standard InChI is InChI=1S/C15H20N2O3S/c1-17(12-14-8-5-11-20-14)21(18,19)15-9-3-2-6-13(15)7-4-10-16/h2-3,6,9,14H,5,8,10-12,16H2,1H3. The zero-order valence-electron chi connectivity index (χ0n) is 12.1. The Morgan fingerprint density at radius 1 is 1.43 bits per heavy atom. The summed E-state index contributed by atoms with van der Waals surface area (Å²) < 4.78 is 32.2. The highest BCUT2D eigenvalue weighted by molar-refractivity contribution is 7.89. The van der Waals surface area contributed by atoms with Gasteiger partial charge in [-0.3, -0.25) is 0 Å². The molecule has 1 fully saturated rings. The Balaban J connectivity index is 2.26. The van der Waals surface area contributed by atoms with E-state index in [1.807, 2.05) is 0 Å². The van der Waals surface area contributed by atoms with Crippen LogP contribution in [0.15, 0.2) is 29.2 Å². The van der Waals surface area contributed by atoms with Crippen LogP contribution in [0.3, 0.4) is 0 Å². The smallest absolute Gasteiger partial charge is 0.244 e. The molecule has 0 aromatic heterocycles. The Bertz CT molecular complexity index is 640. The van der Waals surface area contributed by atoms with E-state index in [-0.39, 0.29) is 17.5 Å². The van der Waals surface area contributed by atoms with Crippen molar-refractivity contribution in [2.75, 3.05) is 26.7 Å². The van der Waals surface area contributed by atoms with Gasteiger partial charge in [0.2, 0.25) is 10.0 Å². The SMILES string of the molecule is CN(CC1CCCO1)S(=O)(=O)c1ccccc1C#CCN. The van der Waals surface area contributed by atoms with E-state index < -0.39 is 10.0 Å². The van der Waals surface area contributed by atoms with Gasteiger partial charge in [0.1, 0.15) is 0 Å². The molecule has 0 amide bonds. The highest BCUT2D eigenvalue weighted by Crippen LogP contribution is 2.21. The van der Waals surface area contributed by atoms with E-state index >= 15 is 0 Å². The van der Waals surface area contributed by atoms with Crippen molar-refractivity contribution in [2.24, 2.45) is 5.73 Å². The van der Waals surface area contributed by atoms with Crippen molar-refractivity contribution in [3.8, 4) is 11.8 Å². The molecule has 5 nitrogen and oxygen atoms in total. The summed E-state index contributed by atoms with van der Waals surface area (Å²) in [5, 5.41) is 0. The Kier molecular flexibility index (Phi) is 5.37. The van der Waals surface area contributed by atoms with Crippen molar-refractivity contribution >= 4 is 10.0 Å². The molecular weight excluding hydrogens is 288 g/mol. The Morgan fingerprint density at radius 3 is 2.86 bits per heavy atom. The summed E-state index contributed by atoms with van der Waals surface area (Å²) in [6, 6.07) is 6.72. The third-order valence-corrected chi connectivity index (χ3v) is 5.27. The maximum Gasteiger partial charge on any atom is 0.244 e. The van der Waals surface area contributed by atoms with E-state index in [0.717, 1.165) is 12.8 Å². The maximum absolute atomic E-state index is 12.7. The minimum absolute atomic E-state index is 0.0212. The molecule has 1 heterocycles. The maximum atomic E-state index is 12.7. The lowest BCUT2D eigenvalue weighted by atomic mass is 10.2. The van der Waals surface area contributed by atoms with E-state index in [2.05, 4.69) is 11.8 Å². The molecule has 114 valence electrons. The number of ether oxygens (including phenoxy) is 1. The van der Waals surface area contributed by atoms with Crippen LogP contribution in [0.4, 0.5) is 0 Å². The lowest BCUT2D eigenvalue weighted by Gasteiger charge is -2.21. The molecule has 1 atom stereocenters. The predicted octanol–water partition coefficient (Wildman–Crippen LogP) is 0.796. The number of hydrogen-bond acceptors (Lipinski definition) is 4. The molecule has 0 aliphatic carbocycles. The summed E-state index contributed by atoms with van der Waals surface area (Å²) in [4.78, 5) is 0.214. The second kappa shape index (κ2) is 7.05. The van der Waals surface area contributed by atoms with Crippen LogP contribution in [0.1, 0.15) is 18.4 Å². The first kappa shape index (κ1) is 16.0. The minimum Gasteiger partial charge on any atom is -0.377 e. The molecule has 1 aromatic carbocycles. The molecule has 0 radical (unpaired) electrons. The first-order valence-corrected chi connectivity index (χ1v) is 8.35. The molecule has 2 N–H and O–H groups in total. The van der Waals surface area contributed by atoms with Crippen LogP contribution in [-0.4, -0.2) is 45.6 Å². The molecule has 2 rings (SSSR count). The van der Waals surface area contributed by atoms with Crippen LogP contribution in [0, 0.1) is 11.8 Å². The number of nitrogens with two attached hydrogens (primary N) is 1. The van der Waals surface area contributed by atoms with Gasteiger partial charge in [-0.15, -0.1) is 0 Å². The first-order chi connectivity index (χ1) is 10.1. The summed E-state index contributed by atoms with van der Waals surface area (Å²) in [5.74, 6) is 5.51. The Labute approximate surface area is 126 Å². The van der Waals surface area contributed by atoms with Crippen molar-refractivity contribution in [1.29, 1.82) is 0 Å². The molecule has 1 aliphatic heterocycles. The van der Waals surface area contributed by atoms with Crippen LogP contribution in [0.5, 0.6) is 0 Å². The number of hydrogen-bond donors (Lipinski definition) is 1. The fourth-order valence-corrected chi connectivity index (χ4v) is 3.63. The fourth-order valence-electron chi connectivity index (χ4n) is 2.28. The number of sulfonamides is 1. The van der Waals surface area contributed by atoms with Crippen molar-refractivity contribution in [2.45, 2.75) is 23.8 Å². The zero-order valence-corrected chi connectivity index (χ0v) is 12.9. The topological polar surface area (TPSA) is 72.6 Å². The van der Waals surface area contributed by atoms with Gasteiger partial charge < -0.3 is 10.5 Å². The van der Waals surface area contributed by atoms with Gasteiger partial charge in [-0.2, -0.15) is 4.31 Å². The van der Waals surface area contributed by atoms with Gasteiger partial charge in [0.15, 0.2) is 0 Å². The number of nitrogens with zero attached hydrogens (tertiary/aromatic N) is 1. The highest BCUT2D eigenvalue weighted by Gasteiger charge is 2.27. The number of likely N-dealkylation sites (N-methyl/N-ethyl adjacent to an activating group) is 1. The molecule has 1 saturated heterocycles. The van der Waals surface area contributed by atoms with Gasteiger partial charge in [0.25, 0.3) is 0 Å². The molecule has 0 saturated carbocycles. The van der Waals surface area contributed by atoms with Gasteiger partial charge in [0, 0.05) is 25.8 Å². The van der Waals surface area contributed by atoms with Crippen molar-refractivity contribution in [3.05, 3.63) is 29.8 Å². The van der Waals surface area contributed by atoms with Gasteiger partial charge in [0.05, 0.1) is 17.5 Å². The van der Waals surface area contributed by atoms with Crippen LogP contribution < -0.4 is 5.73 Å². The van der Waals surface area contributed by atoms with Gasteiger partial charge in [-0.1, -0.05) is 24.0 Å². The third kappa shape index (κ3) is 3.83. The third-order valence-electron chi connectivity index (χ3n) is 3.39. The zero-order chi connectivity index (χ0) is 15.3. The monoisotopic (exact) mass is 308 g/mol. The molecule has 6 heteroatoms. The predicted molar refractivity (Wildman–Crippen MR) is 81.2 cm³/mol. The van der Waals surface area contributed by atoms with E-state index in [4.69, 9.17) is 10.5 Å². The average Bonchev–Trinajstić information content (AvgIpc) is 2.98. The van der Waals surface area contributed by atoms with E-state index in [9.17, 15) is 8.42 Å². The Hall–Kier alpha value is -1.39. The average molecular weight is 308 g/mol. The summed E-state index contributed by atoms with van der Waals surface area (Å²) in [5.41, 5.74) is 5.83. The highest BCUT2D eigenvalue weighted by atomic mass is 32.2. The molecule has 1 aliphatic rings. The number of benzene rings is 1. The second-order valence-electron chi connectivity index (χ2n) is 4.92. The van der Waals surface area contributed by atoms with E-state index in [0.29, 0.717) is 18.7 Å². The number of rotatable bonds is 4. The summed E-state index contributed by atoms with van der Waals surface area (Å²) in [6.07, 6.45) is 1.86. The van der Waals surface area contributed by atoms with E-state index in [1.165, 1.54) is 4.31 Å². The molecular formula is C15H20N2O3S. The molecule has 0 spiro atoms. The second-order valence-corrected chi connectivity index (χ2v) is 6.94. The van der Waals surface area contributed by atoms with Gasteiger partial charge >= 0.3 is 0 Å². The lowest BCUT2D eigenvalue weighted by Crippen LogP contribution is -2.34. The molecule has 1 aromatic rings. The quantitative estimate of drug-likeness (QED) is 0.835. The van der Waals surface area contributed by atoms with Crippen molar-refractivity contribution < 1.29 is 13.2 Å². The summed E-state index contributed by atoms with van der Waals surface area (Å²) >= 11 is 0. The lowest BCUT2D eigenvalue weighted by molar-refractivity contribution is 0.0979. The fraction of sp³-hybridized carbons (Fsp3) is 0.467. The van der Waals surface area contributed by atoms with Crippen LogP contribution in [-0.2, 0) is 14.8 Å². The molecule has 21 heavy (non-hydrogen) atoms. The van der Waals surface area contributed by atoms with Gasteiger partial charge in [-0.05, 0) is 25.0 Å². The van der Waals surface area contributed by atoms with E-state index in [1.54, 1.807) is 31.3 Å². The van der Waals surface area contributed by atoms with Crippen LogP contribution in [0.2, 0.25) is 0 Å². The molecule has 0 bridgehead atoms. The largest absolute Gasteiger partial charge is 0.377 e. The minimum atomic E-state index is -3.58. The van der Waals surface area contributed by atoms with Crippen molar-refractivity contribution in [1.82, 2.24) is 4.31 Å². The normalized spacial score (nSPS) is 18.5. The molecule has 1 unspecified atom stereocenters. The summed E-state index contributed by atoms with van der Waals surface area (Å²) in [7, 11) is -2.00. The van der Waals surface area contributed by atoms with Crippen LogP contribution in [0.25, 0.3) is 0 Å².